The van der Waals surface area contributed by atoms with Gasteiger partial charge in [0.05, 0.1) is 11.9 Å². The maximum absolute atomic E-state index is 13.1. The molecule has 0 spiro atoms. The number of carbonyl (C=O) groups is 1. The van der Waals surface area contributed by atoms with E-state index in [0.717, 1.165) is 42.8 Å². The van der Waals surface area contributed by atoms with Crippen molar-refractivity contribution in [3.05, 3.63) is 42.0 Å². The molecule has 2 aromatic rings. The van der Waals surface area contributed by atoms with Crippen molar-refractivity contribution in [1.29, 1.82) is 0 Å². The van der Waals surface area contributed by atoms with Gasteiger partial charge in [0.15, 0.2) is 0 Å². The second-order valence-corrected chi connectivity index (χ2v) is 6.68. The van der Waals surface area contributed by atoms with Crippen LogP contribution in [0.5, 0.6) is 0 Å². The number of hydrogen-bond acceptors (Lipinski definition) is 3. The van der Waals surface area contributed by atoms with Crippen LogP contribution in [0.4, 0.5) is 4.39 Å². The molecular formula is C17H20FN3OS. The summed E-state index contributed by atoms with van der Waals surface area (Å²) < 4.78 is 13.1. The SMILES string of the molecule is CSCC(=O)N1CCC[C@@H](c2[nH]ncc2-c2ccc(F)cc2)C1. The van der Waals surface area contributed by atoms with E-state index >= 15 is 0 Å². The molecule has 0 bridgehead atoms. The third-order valence-electron chi connectivity index (χ3n) is 4.27. The first kappa shape index (κ1) is 16.1. The summed E-state index contributed by atoms with van der Waals surface area (Å²) in [6.07, 6.45) is 5.75. The Balaban J connectivity index is 1.81. The highest BCUT2D eigenvalue weighted by molar-refractivity contribution is 7.99. The fraction of sp³-hybridized carbons (Fsp3) is 0.412. The minimum absolute atomic E-state index is 0.199. The lowest BCUT2D eigenvalue weighted by atomic mass is 9.90. The van der Waals surface area contributed by atoms with Crippen molar-refractivity contribution in [2.24, 2.45) is 0 Å². The summed E-state index contributed by atoms with van der Waals surface area (Å²) in [6, 6.07) is 6.45. The summed E-state index contributed by atoms with van der Waals surface area (Å²) in [4.78, 5) is 14.1. The van der Waals surface area contributed by atoms with E-state index < -0.39 is 0 Å². The summed E-state index contributed by atoms with van der Waals surface area (Å²) in [6.45, 7) is 1.55. The Morgan fingerprint density at radius 1 is 1.43 bits per heavy atom. The first-order valence-electron chi connectivity index (χ1n) is 7.75. The quantitative estimate of drug-likeness (QED) is 0.934. The monoisotopic (exact) mass is 333 g/mol. The Kier molecular flexibility index (Phi) is 5.00. The van der Waals surface area contributed by atoms with Crippen molar-refractivity contribution >= 4 is 17.7 Å². The predicted molar refractivity (Wildman–Crippen MR) is 90.9 cm³/mol. The van der Waals surface area contributed by atoms with Gasteiger partial charge in [-0.2, -0.15) is 16.9 Å². The predicted octanol–water partition coefficient (Wildman–Crippen LogP) is 3.28. The minimum Gasteiger partial charge on any atom is -0.341 e. The van der Waals surface area contributed by atoms with E-state index in [9.17, 15) is 9.18 Å². The average Bonchev–Trinajstić information content (AvgIpc) is 3.05. The zero-order valence-corrected chi connectivity index (χ0v) is 13.9. The van der Waals surface area contributed by atoms with Gasteiger partial charge >= 0.3 is 0 Å². The summed E-state index contributed by atoms with van der Waals surface area (Å²) in [5.41, 5.74) is 2.98. The van der Waals surface area contributed by atoms with E-state index in [1.807, 2.05) is 11.2 Å². The first-order chi connectivity index (χ1) is 11.2. The third-order valence-corrected chi connectivity index (χ3v) is 4.81. The molecule has 0 radical (unpaired) electrons. The fourth-order valence-electron chi connectivity index (χ4n) is 3.12. The molecule has 1 N–H and O–H groups in total. The maximum Gasteiger partial charge on any atom is 0.232 e. The molecule has 0 saturated carbocycles. The lowest BCUT2D eigenvalue weighted by Gasteiger charge is -2.32. The van der Waals surface area contributed by atoms with Gasteiger partial charge < -0.3 is 4.90 Å². The molecule has 23 heavy (non-hydrogen) atoms. The number of amides is 1. The Bertz CT molecular complexity index is 671. The van der Waals surface area contributed by atoms with Crippen LogP contribution in [0.2, 0.25) is 0 Å². The van der Waals surface area contributed by atoms with Crippen molar-refractivity contribution in [2.45, 2.75) is 18.8 Å². The van der Waals surface area contributed by atoms with Crippen LogP contribution >= 0.6 is 11.8 Å². The minimum atomic E-state index is -0.245. The topological polar surface area (TPSA) is 49.0 Å². The van der Waals surface area contributed by atoms with Gasteiger partial charge in [-0.3, -0.25) is 9.89 Å². The molecule has 0 aliphatic carbocycles. The zero-order valence-electron chi connectivity index (χ0n) is 13.1. The van der Waals surface area contributed by atoms with Gasteiger partial charge in [-0.1, -0.05) is 12.1 Å². The Hall–Kier alpha value is -1.82. The van der Waals surface area contributed by atoms with Crippen LogP contribution in [0.3, 0.4) is 0 Å². The van der Waals surface area contributed by atoms with E-state index in [1.165, 1.54) is 12.1 Å². The Morgan fingerprint density at radius 3 is 2.96 bits per heavy atom. The number of carbonyl (C=O) groups excluding carboxylic acids is 1. The lowest BCUT2D eigenvalue weighted by Crippen LogP contribution is -2.40. The number of hydrogen-bond donors (Lipinski definition) is 1. The number of benzene rings is 1. The summed E-state index contributed by atoms with van der Waals surface area (Å²) >= 11 is 1.56. The standard InChI is InChI=1S/C17H20FN3OS/c1-23-11-16(22)21-8-2-3-13(10-21)17-15(9-19-20-17)12-4-6-14(18)7-5-12/h4-7,9,13H,2-3,8,10-11H2,1H3,(H,19,20)/t13-/m1/s1. The summed E-state index contributed by atoms with van der Waals surface area (Å²) in [5.74, 6) is 0.730. The molecule has 2 heterocycles. The molecule has 4 nitrogen and oxygen atoms in total. The molecular weight excluding hydrogens is 313 g/mol. The molecule has 1 atom stereocenters. The average molecular weight is 333 g/mol. The summed E-state index contributed by atoms with van der Waals surface area (Å²) in [7, 11) is 0. The van der Waals surface area contributed by atoms with Crippen molar-refractivity contribution in [3.8, 4) is 11.1 Å². The number of nitrogens with one attached hydrogen (secondary N) is 1. The van der Waals surface area contributed by atoms with E-state index in [4.69, 9.17) is 0 Å². The molecule has 1 aromatic heterocycles. The number of aromatic amines is 1. The number of H-pyrrole nitrogens is 1. The summed E-state index contributed by atoms with van der Waals surface area (Å²) in [5, 5.41) is 7.27. The largest absolute Gasteiger partial charge is 0.341 e. The molecule has 0 unspecified atom stereocenters. The first-order valence-corrected chi connectivity index (χ1v) is 9.14. The second kappa shape index (κ2) is 7.17. The molecule has 3 rings (SSSR count). The van der Waals surface area contributed by atoms with Crippen LogP contribution in [0.15, 0.2) is 30.5 Å². The lowest BCUT2D eigenvalue weighted by molar-refractivity contribution is -0.129. The van der Waals surface area contributed by atoms with E-state index in [0.29, 0.717) is 5.75 Å². The van der Waals surface area contributed by atoms with E-state index in [1.54, 1.807) is 30.1 Å². The van der Waals surface area contributed by atoms with Gasteiger partial charge in [0.1, 0.15) is 5.82 Å². The number of likely N-dealkylation sites (tertiary alicyclic amines) is 1. The highest BCUT2D eigenvalue weighted by atomic mass is 32.2. The number of nitrogens with zero attached hydrogens (tertiary/aromatic N) is 2. The fourth-order valence-corrected chi connectivity index (χ4v) is 3.55. The van der Waals surface area contributed by atoms with Crippen molar-refractivity contribution < 1.29 is 9.18 Å². The number of piperidine rings is 1. The van der Waals surface area contributed by atoms with Crippen molar-refractivity contribution in [3.63, 3.8) is 0 Å². The van der Waals surface area contributed by atoms with Gasteiger partial charge in [-0.15, -0.1) is 0 Å². The van der Waals surface area contributed by atoms with Crippen LogP contribution in [-0.2, 0) is 4.79 Å². The van der Waals surface area contributed by atoms with Crippen molar-refractivity contribution in [2.75, 3.05) is 25.1 Å². The molecule has 122 valence electrons. The molecule has 1 amide bonds. The number of halogens is 1. The highest BCUT2D eigenvalue weighted by Crippen LogP contribution is 2.33. The van der Waals surface area contributed by atoms with Gasteiger partial charge in [-0.05, 0) is 36.8 Å². The van der Waals surface area contributed by atoms with Crippen LogP contribution in [0.25, 0.3) is 11.1 Å². The van der Waals surface area contributed by atoms with E-state index in [2.05, 4.69) is 10.2 Å². The molecule has 1 aliphatic heterocycles. The smallest absolute Gasteiger partial charge is 0.232 e. The van der Waals surface area contributed by atoms with Gasteiger partial charge in [0.2, 0.25) is 5.91 Å². The van der Waals surface area contributed by atoms with Gasteiger partial charge in [-0.25, -0.2) is 4.39 Å². The maximum atomic E-state index is 13.1. The Morgan fingerprint density at radius 2 is 2.22 bits per heavy atom. The number of thioether (sulfide) groups is 1. The van der Waals surface area contributed by atoms with Crippen LogP contribution in [0.1, 0.15) is 24.5 Å². The number of rotatable bonds is 4. The second-order valence-electron chi connectivity index (χ2n) is 5.82. The third kappa shape index (κ3) is 3.58. The number of aromatic nitrogens is 2. The van der Waals surface area contributed by atoms with Crippen LogP contribution in [-0.4, -0.2) is 46.1 Å². The molecule has 6 heteroatoms. The van der Waals surface area contributed by atoms with E-state index in [-0.39, 0.29) is 17.6 Å². The zero-order chi connectivity index (χ0) is 16.2. The van der Waals surface area contributed by atoms with Crippen LogP contribution in [0, 0.1) is 5.82 Å². The van der Waals surface area contributed by atoms with Crippen LogP contribution < -0.4 is 0 Å². The normalized spacial score (nSPS) is 18.2. The molecule has 1 saturated heterocycles. The molecule has 1 fully saturated rings. The highest BCUT2D eigenvalue weighted by Gasteiger charge is 2.27. The Labute approximate surface area is 139 Å². The van der Waals surface area contributed by atoms with Gasteiger partial charge in [0, 0.05) is 30.3 Å². The van der Waals surface area contributed by atoms with Crippen molar-refractivity contribution in [1.82, 2.24) is 15.1 Å². The van der Waals surface area contributed by atoms with Gasteiger partial charge in [0.25, 0.3) is 0 Å². The molecule has 1 aliphatic rings. The molecule has 1 aromatic carbocycles.